The molecule has 0 bridgehead atoms. The van der Waals surface area contributed by atoms with E-state index in [0.717, 1.165) is 27.7 Å². The van der Waals surface area contributed by atoms with Crippen molar-refractivity contribution in [1.29, 1.82) is 0 Å². The molecule has 136 valence electrons. The van der Waals surface area contributed by atoms with Gasteiger partial charge >= 0.3 is 0 Å². The quantitative estimate of drug-likeness (QED) is 0.605. The highest BCUT2D eigenvalue weighted by atomic mass is 35.5. The normalized spacial score (nSPS) is 16.3. The number of amides is 2. The van der Waals surface area contributed by atoms with Crippen LogP contribution >= 0.6 is 23.4 Å². The fraction of sp³-hybridized carbons (Fsp3) is 0.263. The summed E-state index contributed by atoms with van der Waals surface area (Å²) in [6.45, 7) is 0.585. The van der Waals surface area contributed by atoms with E-state index in [1.165, 1.54) is 0 Å². The van der Waals surface area contributed by atoms with Crippen LogP contribution in [0.15, 0.2) is 53.4 Å². The lowest BCUT2D eigenvalue weighted by Crippen LogP contribution is -2.46. The fourth-order valence-electron chi connectivity index (χ4n) is 2.51. The Kier molecular flexibility index (Phi) is 6.55. The van der Waals surface area contributed by atoms with Crippen molar-refractivity contribution < 1.29 is 14.3 Å². The number of hydrogen-bond donors (Lipinski definition) is 2. The highest BCUT2D eigenvalue weighted by Gasteiger charge is 2.23. The summed E-state index contributed by atoms with van der Waals surface area (Å²) < 4.78 is 5.27. The van der Waals surface area contributed by atoms with Gasteiger partial charge in [0, 0.05) is 27.8 Å². The van der Waals surface area contributed by atoms with Crippen LogP contribution in [0.1, 0.15) is 28.8 Å². The number of carbonyl (C=O) groups is 2. The predicted octanol–water partition coefficient (Wildman–Crippen LogP) is 3.57. The Hall–Kier alpha value is -2.02. The summed E-state index contributed by atoms with van der Waals surface area (Å²) in [5, 5.41) is 0.719. The first-order valence-corrected chi connectivity index (χ1v) is 9.67. The number of rotatable bonds is 5. The van der Waals surface area contributed by atoms with E-state index in [9.17, 15) is 9.59 Å². The summed E-state index contributed by atoms with van der Waals surface area (Å²) in [5.74, 6) is 0.124. The summed E-state index contributed by atoms with van der Waals surface area (Å²) in [6, 6.07) is 15.0. The van der Waals surface area contributed by atoms with Gasteiger partial charge in [-0.2, -0.15) is 0 Å². The van der Waals surface area contributed by atoms with Gasteiger partial charge in [0.15, 0.2) is 0 Å². The molecule has 0 spiro atoms. The largest absolute Gasteiger partial charge is 0.368 e. The Bertz CT molecular complexity index is 759. The zero-order valence-electron chi connectivity index (χ0n) is 14.0. The van der Waals surface area contributed by atoms with Gasteiger partial charge in [-0.15, -0.1) is 11.8 Å². The van der Waals surface area contributed by atoms with Gasteiger partial charge in [0.1, 0.15) is 6.10 Å². The minimum absolute atomic E-state index is 0.313. The number of hydrazine groups is 1. The summed E-state index contributed by atoms with van der Waals surface area (Å²) >= 11 is 7.57. The van der Waals surface area contributed by atoms with Crippen molar-refractivity contribution in [3.63, 3.8) is 0 Å². The van der Waals surface area contributed by atoms with Crippen LogP contribution in [0.25, 0.3) is 0 Å². The first-order valence-electron chi connectivity index (χ1n) is 8.31. The van der Waals surface area contributed by atoms with Crippen molar-refractivity contribution in [2.75, 3.05) is 6.61 Å². The number of thioether (sulfide) groups is 1. The molecule has 0 aliphatic carbocycles. The van der Waals surface area contributed by atoms with Crippen LogP contribution in [0.4, 0.5) is 0 Å². The molecule has 5 nitrogen and oxygen atoms in total. The Labute approximate surface area is 161 Å². The molecule has 1 atom stereocenters. The van der Waals surface area contributed by atoms with Gasteiger partial charge in [-0.1, -0.05) is 23.7 Å². The van der Waals surface area contributed by atoms with Crippen molar-refractivity contribution in [3.05, 3.63) is 64.7 Å². The molecule has 0 radical (unpaired) electrons. The van der Waals surface area contributed by atoms with E-state index >= 15 is 0 Å². The first kappa shape index (κ1) is 18.8. The molecular weight excluding hydrogens is 372 g/mol. The van der Waals surface area contributed by atoms with E-state index < -0.39 is 6.10 Å². The molecule has 2 aromatic carbocycles. The lowest BCUT2D eigenvalue weighted by atomic mass is 10.1. The van der Waals surface area contributed by atoms with E-state index in [2.05, 4.69) is 10.9 Å². The van der Waals surface area contributed by atoms with Gasteiger partial charge < -0.3 is 4.74 Å². The maximum Gasteiger partial charge on any atom is 0.269 e. The minimum Gasteiger partial charge on any atom is -0.368 e. The highest BCUT2D eigenvalue weighted by molar-refractivity contribution is 7.98. The third kappa shape index (κ3) is 5.24. The fourth-order valence-corrected chi connectivity index (χ4v) is 3.49. The van der Waals surface area contributed by atoms with E-state index in [1.807, 2.05) is 36.4 Å². The molecular formula is C19H19ClN2O3S. The molecule has 0 aromatic heterocycles. The van der Waals surface area contributed by atoms with Crippen molar-refractivity contribution in [2.45, 2.75) is 29.6 Å². The highest BCUT2D eigenvalue weighted by Crippen LogP contribution is 2.24. The predicted molar refractivity (Wildman–Crippen MR) is 102 cm³/mol. The standard InChI is InChI=1S/C19H19ClN2O3S/c20-15-7-9-16(10-8-15)26-12-13-3-5-14(6-4-13)18(23)21-22-19(24)17-2-1-11-25-17/h3-10,17H,1-2,11-12H2,(H,21,23)(H,22,24)/t17-/m0/s1. The Morgan fingerprint density at radius 2 is 1.81 bits per heavy atom. The number of halogens is 1. The number of carbonyl (C=O) groups excluding carboxylic acids is 2. The molecule has 1 fully saturated rings. The second-order valence-corrected chi connectivity index (χ2v) is 7.37. The summed E-state index contributed by atoms with van der Waals surface area (Å²) in [5.41, 5.74) is 6.42. The Balaban J connectivity index is 1.47. The molecule has 1 aliphatic heterocycles. The van der Waals surface area contributed by atoms with Gasteiger partial charge in [0.05, 0.1) is 0 Å². The second-order valence-electron chi connectivity index (χ2n) is 5.88. The van der Waals surface area contributed by atoms with Gasteiger partial charge in [-0.25, -0.2) is 0 Å². The van der Waals surface area contributed by atoms with E-state index in [-0.39, 0.29) is 11.8 Å². The third-order valence-corrected chi connectivity index (χ3v) is 5.29. The van der Waals surface area contributed by atoms with Crippen LogP contribution in [-0.4, -0.2) is 24.5 Å². The molecule has 1 heterocycles. The summed E-state index contributed by atoms with van der Waals surface area (Å²) in [7, 11) is 0. The van der Waals surface area contributed by atoms with Crippen LogP contribution in [-0.2, 0) is 15.3 Å². The van der Waals surface area contributed by atoms with Crippen LogP contribution in [0, 0.1) is 0 Å². The number of benzene rings is 2. The molecule has 1 aliphatic rings. The smallest absolute Gasteiger partial charge is 0.269 e. The topological polar surface area (TPSA) is 67.4 Å². The molecule has 2 aromatic rings. The molecule has 0 unspecified atom stereocenters. The maximum absolute atomic E-state index is 12.1. The van der Waals surface area contributed by atoms with Crippen molar-refractivity contribution in [2.24, 2.45) is 0 Å². The van der Waals surface area contributed by atoms with Crippen molar-refractivity contribution >= 4 is 35.2 Å². The maximum atomic E-state index is 12.1. The van der Waals surface area contributed by atoms with Gasteiger partial charge in [-0.05, 0) is 54.8 Å². The lowest BCUT2D eigenvalue weighted by molar-refractivity contribution is -0.130. The molecule has 0 saturated carbocycles. The van der Waals surface area contributed by atoms with Crippen molar-refractivity contribution in [1.82, 2.24) is 10.9 Å². The van der Waals surface area contributed by atoms with Crippen LogP contribution in [0.5, 0.6) is 0 Å². The second kappa shape index (κ2) is 9.07. The Morgan fingerprint density at radius 1 is 1.08 bits per heavy atom. The van der Waals surface area contributed by atoms with Crippen LogP contribution in [0.2, 0.25) is 5.02 Å². The van der Waals surface area contributed by atoms with Crippen LogP contribution < -0.4 is 10.9 Å². The molecule has 26 heavy (non-hydrogen) atoms. The first-order chi connectivity index (χ1) is 12.6. The van der Waals surface area contributed by atoms with E-state index in [0.29, 0.717) is 18.6 Å². The van der Waals surface area contributed by atoms with Gasteiger partial charge in [0.25, 0.3) is 11.8 Å². The third-order valence-electron chi connectivity index (χ3n) is 3.96. The zero-order chi connectivity index (χ0) is 18.4. The summed E-state index contributed by atoms with van der Waals surface area (Å²) in [4.78, 5) is 25.0. The molecule has 3 rings (SSSR count). The number of hydrogen-bond acceptors (Lipinski definition) is 4. The average molecular weight is 391 g/mol. The zero-order valence-corrected chi connectivity index (χ0v) is 15.6. The molecule has 7 heteroatoms. The SMILES string of the molecule is O=C(NNC(=O)[C@@H]1CCCO1)c1ccc(CSc2ccc(Cl)cc2)cc1. The minimum atomic E-state index is -0.470. The number of nitrogens with one attached hydrogen (secondary N) is 2. The average Bonchev–Trinajstić information content (AvgIpc) is 3.21. The van der Waals surface area contributed by atoms with Gasteiger partial charge in [-0.3, -0.25) is 20.4 Å². The number of ether oxygens (including phenoxy) is 1. The molecule has 1 saturated heterocycles. The molecule has 2 amide bonds. The summed E-state index contributed by atoms with van der Waals surface area (Å²) in [6.07, 6.45) is 1.08. The lowest BCUT2D eigenvalue weighted by Gasteiger charge is -2.11. The monoisotopic (exact) mass is 390 g/mol. The van der Waals surface area contributed by atoms with Crippen LogP contribution in [0.3, 0.4) is 0 Å². The van der Waals surface area contributed by atoms with E-state index in [4.69, 9.17) is 16.3 Å². The van der Waals surface area contributed by atoms with Crippen molar-refractivity contribution in [3.8, 4) is 0 Å². The van der Waals surface area contributed by atoms with Gasteiger partial charge in [0.2, 0.25) is 0 Å². The van der Waals surface area contributed by atoms with E-state index in [1.54, 1.807) is 23.9 Å². The molecule has 2 N–H and O–H groups in total. The Morgan fingerprint density at radius 3 is 2.46 bits per heavy atom.